The number of Topliss-reactive ketones (excluding diaryl/α,β-unsaturated/α-hetero) is 1. The largest absolute Gasteiger partial charge is 0.299 e. The van der Waals surface area contributed by atoms with E-state index in [4.69, 9.17) is 0 Å². The predicted molar refractivity (Wildman–Crippen MR) is 113 cm³/mol. The second kappa shape index (κ2) is 8.41. The van der Waals surface area contributed by atoms with Crippen LogP contribution in [0.2, 0.25) is 0 Å². The van der Waals surface area contributed by atoms with Crippen molar-refractivity contribution in [1.29, 1.82) is 0 Å². The first-order chi connectivity index (χ1) is 13.3. The standard InChI is InChI=1S/C21H23NO4S2/c1-3-5-18(23)21-17(20-6-4-11-27-20)12-15(13-19(21)24)14-7-9-16(10-8-14)22-28(2,25)26/h4,6-11,13,17,21-22H,3,5,12H2,1-2H3/t17-,21+/m0/s1. The highest BCUT2D eigenvalue weighted by atomic mass is 32.2. The lowest BCUT2D eigenvalue weighted by atomic mass is 9.73. The predicted octanol–water partition coefficient (Wildman–Crippen LogP) is 4.25. The van der Waals surface area contributed by atoms with E-state index >= 15 is 0 Å². The first kappa shape index (κ1) is 20.5. The number of benzene rings is 1. The second-order valence-electron chi connectivity index (χ2n) is 7.04. The summed E-state index contributed by atoms with van der Waals surface area (Å²) in [5.74, 6) is -0.903. The summed E-state index contributed by atoms with van der Waals surface area (Å²) in [6.07, 6.45) is 4.42. The van der Waals surface area contributed by atoms with Gasteiger partial charge in [0, 0.05) is 22.9 Å². The van der Waals surface area contributed by atoms with E-state index in [9.17, 15) is 18.0 Å². The summed E-state index contributed by atoms with van der Waals surface area (Å²) in [4.78, 5) is 26.5. The maximum atomic E-state index is 12.9. The third kappa shape index (κ3) is 4.77. The first-order valence-corrected chi connectivity index (χ1v) is 11.9. The molecule has 1 aliphatic rings. The molecule has 0 fully saturated rings. The quantitative estimate of drug-likeness (QED) is 0.683. The van der Waals surface area contributed by atoms with Crippen LogP contribution in [-0.2, 0) is 19.6 Å². The normalized spacial score (nSPS) is 19.9. The SMILES string of the molecule is CCCC(=O)[C@@H]1C(=O)C=C(c2ccc(NS(C)(=O)=O)cc2)C[C@H]1c1cccs1. The molecular weight excluding hydrogens is 394 g/mol. The number of anilines is 1. The van der Waals surface area contributed by atoms with Crippen LogP contribution < -0.4 is 4.72 Å². The zero-order chi connectivity index (χ0) is 20.3. The van der Waals surface area contributed by atoms with Crippen molar-refractivity contribution in [3.05, 3.63) is 58.3 Å². The highest BCUT2D eigenvalue weighted by Gasteiger charge is 2.38. The molecule has 1 N–H and O–H groups in total. The molecule has 0 radical (unpaired) electrons. The minimum absolute atomic E-state index is 0.00824. The Bertz CT molecular complexity index is 990. The van der Waals surface area contributed by atoms with E-state index in [1.54, 1.807) is 41.7 Å². The van der Waals surface area contributed by atoms with Crippen LogP contribution in [-0.4, -0.2) is 26.2 Å². The van der Waals surface area contributed by atoms with E-state index in [1.165, 1.54) is 0 Å². The van der Waals surface area contributed by atoms with Crippen molar-refractivity contribution in [2.45, 2.75) is 32.1 Å². The van der Waals surface area contributed by atoms with E-state index in [2.05, 4.69) is 4.72 Å². The average molecular weight is 418 g/mol. The van der Waals surface area contributed by atoms with E-state index < -0.39 is 15.9 Å². The number of carbonyl (C=O) groups is 2. The molecule has 1 aliphatic carbocycles. The van der Waals surface area contributed by atoms with Crippen LogP contribution >= 0.6 is 11.3 Å². The van der Waals surface area contributed by atoms with Crippen LogP contribution in [0.3, 0.4) is 0 Å². The Morgan fingerprint density at radius 2 is 1.93 bits per heavy atom. The number of hydrogen-bond donors (Lipinski definition) is 1. The van der Waals surface area contributed by atoms with Gasteiger partial charge >= 0.3 is 0 Å². The Morgan fingerprint density at radius 1 is 1.21 bits per heavy atom. The van der Waals surface area contributed by atoms with Gasteiger partial charge in [0.05, 0.1) is 12.2 Å². The third-order valence-corrected chi connectivity index (χ3v) is 6.39. The maximum Gasteiger partial charge on any atom is 0.229 e. The molecular formula is C21H23NO4S2. The van der Waals surface area contributed by atoms with Gasteiger partial charge in [-0.15, -0.1) is 11.3 Å². The molecule has 148 valence electrons. The summed E-state index contributed by atoms with van der Waals surface area (Å²) in [6, 6.07) is 10.9. The Morgan fingerprint density at radius 3 is 2.50 bits per heavy atom. The average Bonchev–Trinajstić information content (AvgIpc) is 3.15. The number of hydrogen-bond acceptors (Lipinski definition) is 5. The molecule has 1 aromatic carbocycles. The molecule has 2 atom stereocenters. The summed E-state index contributed by atoms with van der Waals surface area (Å²) < 4.78 is 25.1. The number of sulfonamides is 1. The summed E-state index contributed by atoms with van der Waals surface area (Å²) in [7, 11) is -3.34. The van der Waals surface area contributed by atoms with Crippen molar-refractivity contribution in [2.75, 3.05) is 11.0 Å². The molecule has 5 nitrogen and oxygen atoms in total. The molecule has 3 rings (SSSR count). The lowest BCUT2D eigenvalue weighted by Crippen LogP contribution is -2.32. The molecule has 28 heavy (non-hydrogen) atoms. The smallest absolute Gasteiger partial charge is 0.229 e. The van der Waals surface area contributed by atoms with Crippen LogP contribution in [0.25, 0.3) is 5.57 Å². The van der Waals surface area contributed by atoms with Crippen molar-refractivity contribution in [2.24, 2.45) is 5.92 Å². The van der Waals surface area contributed by atoms with Crippen LogP contribution in [0, 0.1) is 5.92 Å². The first-order valence-electron chi connectivity index (χ1n) is 9.17. The number of thiophene rings is 1. The van der Waals surface area contributed by atoms with E-state index in [0.29, 0.717) is 18.5 Å². The molecule has 0 bridgehead atoms. The number of rotatable bonds is 7. The zero-order valence-electron chi connectivity index (χ0n) is 15.8. The molecule has 0 unspecified atom stereocenters. The van der Waals surface area contributed by atoms with Gasteiger partial charge in [0.15, 0.2) is 5.78 Å². The van der Waals surface area contributed by atoms with Crippen molar-refractivity contribution in [3.8, 4) is 0 Å². The third-order valence-electron chi connectivity index (χ3n) is 4.78. The minimum Gasteiger partial charge on any atom is -0.299 e. The fourth-order valence-electron chi connectivity index (χ4n) is 3.59. The fourth-order valence-corrected chi connectivity index (χ4v) is 5.02. The molecule has 7 heteroatoms. The maximum absolute atomic E-state index is 12.9. The van der Waals surface area contributed by atoms with E-state index in [-0.39, 0.29) is 17.5 Å². The van der Waals surface area contributed by atoms with Gasteiger partial charge in [0.2, 0.25) is 10.0 Å². The Labute approximate surface area is 169 Å². The monoisotopic (exact) mass is 417 g/mol. The molecule has 2 aromatic rings. The number of carbonyl (C=O) groups excluding carboxylic acids is 2. The second-order valence-corrected chi connectivity index (χ2v) is 9.77. The highest BCUT2D eigenvalue weighted by Crippen LogP contribution is 2.42. The van der Waals surface area contributed by atoms with Crippen molar-refractivity contribution >= 4 is 44.2 Å². The van der Waals surface area contributed by atoms with Gasteiger partial charge < -0.3 is 0 Å². The number of nitrogens with one attached hydrogen (secondary N) is 1. The minimum atomic E-state index is -3.34. The number of allylic oxidation sites excluding steroid dienone is 2. The lowest BCUT2D eigenvalue weighted by Gasteiger charge is -2.29. The van der Waals surface area contributed by atoms with Gasteiger partial charge in [-0.25, -0.2) is 8.42 Å². The summed E-state index contributed by atoms with van der Waals surface area (Å²) in [6.45, 7) is 1.94. The van der Waals surface area contributed by atoms with Gasteiger partial charge in [-0.2, -0.15) is 0 Å². The Kier molecular flexibility index (Phi) is 6.15. The molecule has 1 heterocycles. The van der Waals surface area contributed by atoms with Gasteiger partial charge in [-0.05, 0) is 53.6 Å². The van der Waals surface area contributed by atoms with Crippen LogP contribution in [0.4, 0.5) is 5.69 Å². The zero-order valence-corrected chi connectivity index (χ0v) is 17.5. The van der Waals surface area contributed by atoms with Gasteiger partial charge in [-0.1, -0.05) is 25.1 Å². The van der Waals surface area contributed by atoms with Gasteiger partial charge in [0.1, 0.15) is 5.78 Å². The molecule has 0 saturated heterocycles. The Balaban J connectivity index is 1.91. The fraction of sp³-hybridized carbons (Fsp3) is 0.333. The molecule has 0 amide bonds. The van der Waals surface area contributed by atoms with Crippen LogP contribution in [0.5, 0.6) is 0 Å². The van der Waals surface area contributed by atoms with Crippen LogP contribution in [0.15, 0.2) is 47.9 Å². The molecule has 0 aliphatic heterocycles. The van der Waals surface area contributed by atoms with E-state index in [1.807, 2.05) is 24.4 Å². The highest BCUT2D eigenvalue weighted by molar-refractivity contribution is 7.92. The molecule has 0 spiro atoms. The van der Waals surface area contributed by atoms with E-state index in [0.717, 1.165) is 28.7 Å². The van der Waals surface area contributed by atoms with Crippen LogP contribution in [0.1, 0.15) is 42.5 Å². The van der Waals surface area contributed by atoms with Crippen molar-refractivity contribution in [1.82, 2.24) is 0 Å². The summed E-state index contributed by atoms with van der Waals surface area (Å²) >= 11 is 1.57. The van der Waals surface area contributed by atoms with Crippen molar-refractivity contribution in [3.63, 3.8) is 0 Å². The van der Waals surface area contributed by atoms with Gasteiger partial charge in [0.25, 0.3) is 0 Å². The van der Waals surface area contributed by atoms with Gasteiger partial charge in [-0.3, -0.25) is 14.3 Å². The summed E-state index contributed by atoms with van der Waals surface area (Å²) in [5, 5.41) is 1.96. The molecule has 1 aromatic heterocycles. The Hall–Kier alpha value is -2.25. The summed E-state index contributed by atoms with van der Waals surface area (Å²) in [5.41, 5.74) is 2.20. The number of ketones is 2. The van der Waals surface area contributed by atoms with Crippen molar-refractivity contribution < 1.29 is 18.0 Å². The topological polar surface area (TPSA) is 80.3 Å². The lowest BCUT2D eigenvalue weighted by molar-refractivity contribution is -0.131. The molecule has 0 saturated carbocycles.